The number of rotatable bonds is 53. The molecule has 0 radical (unpaired) electrons. The molecule has 0 aromatic rings. The van der Waals surface area contributed by atoms with Crippen LogP contribution in [0, 0.1) is 0 Å². The number of aliphatic carboxylic acids is 1. The van der Waals surface area contributed by atoms with Gasteiger partial charge in [0.05, 0.1) is 34.4 Å². The molecule has 0 saturated carbocycles. The van der Waals surface area contributed by atoms with Crippen LogP contribution >= 0.6 is 0 Å². The van der Waals surface area contributed by atoms with Crippen molar-refractivity contribution in [3.63, 3.8) is 0 Å². The van der Waals surface area contributed by atoms with Gasteiger partial charge in [-0.05, 0) is 51.4 Å². The van der Waals surface area contributed by atoms with Gasteiger partial charge in [-0.25, -0.2) is 4.79 Å². The van der Waals surface area contributed by atoms with E-state index in [2.05, 4.69) is 50.3 Å². The zero-order chi connectivity index (χ0) is 49.9. The maximum Gasteiger partial charge on any atom is 0.362 e. The van der Waals surface area contributed by atoms with E-state index in [1.165, 1.54) is 193 Å². The number of allylic oxidation sites excluding steroid dienone is 6. The normalized spacial score (nSPS) is 13.0. The minimum atomic E-state index is -0.872. The predicted molar refractivity (Wildman–Crippen MR) is 289 cm³/mol. The number of esters is 2. The van der Waals surface area contributed by atoms with Gasteiger partial charge in [-0.15, -0.1) is 0 Å². The first-order chi connectivity index (χ1) is 33.1. The standard InChI is InChI=1S/C60H111NO7/c1-6-8-10-12-14-16-18-20-22-24-26-28-30-32-34-36-38-40-42-44-46-48-50-58(62)67-55-56(54-66-53-52-57(60(64)65)61(3,4)5)68-59(63)51-49-47-45-43-41-39-37-35-33-31-29-27-25-23-21-19-17-15-13-11-9-7-2/h14,16,20,22,26,28,56-57H,6-13,15,17-19,21,23-25,27,29-55H2,1-5H3/p+1/b16-14+,22-20+,28-26+. The highest BCUT2D eigenvalue weighted by Gasteiger charge is 2.31. The highest BCUT2D eigenvalue weighted by molar-refractivity contribution is 5.72. The van der Waals surface area contributed by atoms with Crippen LogP contribution in [0.25, 0.3) is 0 Å². The molecule has 0 aliphatic carbocycles. The van der Waals surface area contributed by atoms with Crippen molar-refractivity contribution in [1.82, 2.24) is 0 Å². The fourth-order valence-electron chi connectivity index (χ4n) is 8.81. The molecule has 8 nitrogen and oxygen atoms in total. The number of nitrogens with zero attached hydrogens (tertiary/aromatic N) is 1. The third-order valence-electron chi connectivity index (χ3n) is 13.3. The topological polar surface area (TPSA) is 99.1 Å². The molecule has 2 atom stereocenters. The number of carbonyl (C=O) groups excluding carboxylic acids is 2. The zero-order valence-electron chi connectivity index (χ0n) is 45.6. The van der Waals surface area contributed by atoms with Crippen LogP contribution in [0.3, 0.4) is 0 Å². The average molecular weight is 960 g/mol. The number of likely N-dealkylation sites (N-methyl/N-ethyl adjacent to an activating group) is 1. The summed E-state index contributed by atoms with van der Waals surface area (Å²) in [4.78, 5) is 37.3. The van der Waals surface area contributed by atoms with Crippen LogP contribution in [0.1, 0.15) is 277 Å². The Balaban J connectivity index is 4.15. The number of quaternary nitrogens is 1. The van der Waals surface area contributed by atoms with E-state index in [1.807, 2.05) is 21.1 Å². The zero-order valence-corrected chi connectivity index (χ0v) is 45.6. The molecular weight excluding hydrogens is 847 g/mol. The Hall–Kier alpha value is -2.45. The van der Waals surface area contributed by atoms with Crippen LogP contribution < -0.4 is 0 Å². The van der Waals surface area contributed by atoms with Crippen LogP contribution in [0.5, 0.6) is 0 Å². The van der Waals surface area contributed by atoms with Gasteiger partial charge in [0, 0.05) is 19.3 Å². The van der Waals surface area contributed by atoms with E-state index in [1.54, 1.807) is 0 Å². The van der Waals surface area contributed by atoms with Gasteiger partial charge in [-0.2, -0.15) is 0 Å². The van der Waals surface area contributed by atoms with Gasteiger partial charge in [0.25, 0.3) is 0 Å². The van der Waals surface area contributed by atoms with Crippen LogP contribution in [-0.4, -0.2) is 80.6 Å². The Morgan fingerprint density at radius 3 is 1.18 bits per heavy atom. The summed E-state index contributed by atoms with van der Waals surface area (Å²) in [5, 5.41) is 9.68. The van der Waals surface area contributed by atoms with Gasteiger partial charge >= 0.3 is 17.9 Å². The SMILES string of the molecule is CCCCC/C=C/C/C=C/C/C=C/CCCCCCCCCCCC(=O)OCC(COCCC(C(=O)O)[N+](C)(C)C)OC(=O)CCCCCCCCCCCCCCCCCCCCCCCC. The summed E-state index contributed by atoms with van der Waals surface area (Å²) in [5.41, 5.74) is 0. The van der Waals surface area contributed by atoms with Crippen molar-refractivity contribution >= 4 is 17.9 Å². The Morgan fingerprint density at radius 1 is 0.441 bits per heavy atom. The van der Waals surface area contributed by atoms with Gasteiger partial charge in [-0.3, -0.25) is 9.59 Å². The lowest BCUT2D eigenvalue weighted by Crippen LogP contribution is -2.50. The molecule has 398 valence electrons. The molecule has 0 aliphatic heterocycles. The molecule has 1 N–H and O–H groups in total. The van der Waals surface area contributed by atoms with E-state index in [9.17, 15) is 19.5 Å². The maximum absolute atomic E-state index is 12.8. The van der Waals surface area contributed by atoms with Crippen LogP contribution in [0.2, 0.25) is 0 Å². The van der Waals surface area contributed by atoms with E-state index in [0.29, 0.717) is 19.3 Å². The maximum atomic E-state index is 12.8. The Labute approximate surface area is 421 Å². The number of carbonyl (C=O) groups is 3. The Kier molecular flexibility index (Phi) is 49.1. The van der Waals surface area contributed by atoms with Crippen molar-refractivity contribution in [2.75, 3.05) is 41.0 Å². The third kappa shape index (κ3) is 48.6. The largest absolute Gasteiger partial charge is 0.477 e. The molecule has 0 amide bonds. The fraction of sp³-hybridized carbons (Fsp3) is 0.850. The monoisotopic (exact) mass is 959 g/mol. The number of unbranched alkanes of at least 4 members (excludes halogenated alkanes) is 33. The van der Waals surface area contributed by atoms with E-state index in [-0.39, 0.29) is 36.2 Å². The smallest absolute Gasteiger partial charge is 0.362 e. The molecule has 0 fully saturated rings. The van der Waals surface area contributed by atoms with E-state index >= 15 is 0 Å². The highest BCUT2D eigenvalue weighted by atomic mass is 16.6. The molecule has 0 aromatic carbocycles. The molecule has 0 rings (SSSR count). The molecule has 0 spiro atoms. The summed E-state index contributed by atoms with van der Waals surface area (Å²) >= 11 is 0. The van der Waals surface area contributed by atoms with Crippen molar-refractivity contribution in [3.8, 4) is 0 Å². The lowest BCUT2D eigenvalue weighted by molar-refractivity contribution is -0.887. The van der Waals surface area contributed by atoms with E-state index < -0.39 is 18.1 Å². The summed E-state index contributed by atoms with van der Waals surface area (Å²) < 4.78 is 17.4. The van der Waals surface area contributed by atoms with Crippen molar-refractivity contribution in [1.29, 1.82) is 0 Å². The van der Waals surface area contributed by atoms with E-state index in [4.69, 9.17) is 14.2 Å². The number of ether oxygens (including phenoxy) is 3. The van der Waals surface area contributed by atoms with Gasteiger partial charge in [0.1, 0.15) is 6.61 Å². The Bertz CT molecular complexity index is 1210. The molecule has 0 aliphatic rings. The molecule has 0 aromatic heterocycles. The number of hydrogen-bond donors (Lipinski definition) is 1. The number of hydrogen-bond acceptors (Lipinski definition) is 6. The first-order valence-corrected chi connectivity index (χ1v) is 29.0. The summed E-state index contributed by atoms with van der Waals surface area (Å²) in [7, 11) is 5.55. The quantitative estimate of drug-likeness (QED) is 0.0281. The molecule has 0 saturated heterocycles. The molecular formula is C60H112NO7+. The van der Waals surface area contributed by atoms with Crippen molar-refractivity contribution in [2.45, 2.75) is 289 Å². The fourth-order valence-corrected chi connectivity index (χ4v) is 8.81. The molecule has 0 heterocycles. The molecule has 0 bridgehead atoms. The van der Waals surface area contributed by atoms with Gasteiger partial charge in [0.15, 0.2) is 12.1 Å². The lowest BCUT2D eigenvalue weighted by Gasteiger charge is -2.31. The minimum absolute atomic E-state index is 0.0500. The highest BCUT2D eigenvalue weighted by Crippen LogP contribution is 2.17. The number of carboxylic acid groups (broad SMARTS) is 1. The lowest BCUT2D eigenvalue weighted by atomic mass is 10.0. The first-order valence-electron chi connectivity index (χ1n) is 29.0. The molecule has 68 heavy (non-hydrogen) atoms. The summed E-state index contributed by atoms with van der Waals surface area (Å²) in [6, 6.07) is -0.615. The van der Waals surface area contributed by atoms with Crippen LogP contribution in [0.15, 0.2) is 36.5 Å². The first kappa shape index (κ1) is 65.5. The van der Waals surface area contributed by atoms with Crippen molar-refractivity contribution in [3.05, 3.63) is 36.5 Å². The second-order valence-corrected chi connectivity index (χ2v) is 20.9. The minimum Gasteiger partial charge on any atom is -0.477 e. The second kappa shape index (κ2) is 50.9. The van der Waals surface area contributed by atoms with Crippen LogP contribution in [-0.2, 0) is 28.6 Å². The predicted octanol–water partition coefficient (Wildman–Crippen LogP) is 17.3. The van der Waals surface area contributed by atoms with Crippen molar-refractivity contribution < 1.29 is 38.2 Å². The second-order valence-electron chi connectivity index (χ2n) is 20.9. The van der Waals surface area contributed by atoms with Crippen molar-refractivity contribution in [2.24, 2.45) is 0 Å². The molecule has 2 unspecified atom stereocenters. The summed E-state index contributed by atoms with van der Waals surface area (Å²) in [6.45, 7) is 4.76. The molecule has 8 heteroatoms. The Morgan fingerprint density at radius 2 is 0.779 bits per heavy atom. The summed E-state index contributed by atoms with van der Waals surface area (Å²) in [6.07, 6.45) is 62.0. The van der Waals surface area contributed by atoms with Gasteiger partial charge < -0.3 is 23.8 Å². The number of carboxylic acids is 1. The summed E-state index contributed by atoms with van der Waals surface area (Å²) in [5.74, 6) is -1.45. The van der Waals surface area contributed by atoms with E-state index in [0.717, 1.165) is 51.4 Å². The average Bonchev–Trinajstić information content (AvgIpc) is 3.30. The van der Waals surface area contributed by atoms with Gasteiger partial charge in [-0.1, -0.05) is 243 Å². The van der Waals surface area contributed by atoms with Gasteiger partial charge in [0.2, 0.25) is 0 Å². The van der Waals surface area contributed by atoms with Crippen LogP contribution in [0.4, 0.5) is 0 Å². The third-order valence-corrected chi connectivity index (χ3v) is 13.3.